The summed E-state index contributed by atoms with van der Waals surface area (Å²) >= 11 is 0. The van der Waals surface area contributed by atoms with Gasteiger partial charge in [0.2, 0.25) is 0 Å². The molecule has 0 aliphatic carbocycles. The molecule has 2 aromatic heterocycles. The molecule has 0 saturated heterocycles. The molecule has 0 unspecified atom stereocenters. The molecule has 0 saturated carbocycles. The van der Waals surface area contributed by atoms with Gasteiger partial charge in [0.1, 0.15) is 17.3 Å². The Morgan fingerprint density at radius 1 is 0.829 bits per heavy atom. The van der Waals surface area contributed by atoms with Crippen LogP contribution in [0.15, 0.2) is 52.1 Å². The van der Waals surface area contributed by atoms with Crippen LogP contribution in [0.1, 0.15) is 0 Å². The van der Waals surface area contributed by atoms with Gasteiger partial charge in [0.25, 0.3) is 5.56 Å². The lowest BCUT2D eigenvalue weighted by atomic mass is 10.2. The van der Waals surface area contributed by atoms with Crippen molar-refractivity contribution in [1.82, 2.24) is 19.5 Å². The van der Waals surface area contributed by atoms with E-state index in [2.05, 4.69) is 19.4 Å². The zero-order valence-corrected chi connectivity index (χ0v) is 17.2. The van der Waals surface area contributed by atoms with Crippen LogP contribution in [-0.2, 0) is 7.05 Å². The number of nitrogens with one attached hydrogen (secondary N) is 2. The van der Waals surface area contributed by atoms with E-state index in [1.807, 2.05) is 4.98 Å². The quantitative estimate of drug-likeness (QED) is 0.396. The second-order valence-corrected chi connectivity index (χ2v) is 6.93. The Kier molecular flexibility index (Phi) is 5.70. The Labute approximate surface area is 189 Å². The second-order valence-electron chi connectivity index (χ2n) is 6.93. The summed E-state index contributed by atoms with van der Waals surface area (Å²) in [5.41, 5.74) is -1.61. The van der Waals surface area contributed by atoms with Crippen LogP contribution in [0.5, 0.6) is 23.0 Å². The molecule has 0 bridgehead atoms. The Balaban J connectivity index is 1.72. The van der Waals surface area contributed by atoms with E-state index in [4.69, 9.17) is 4.74 Å². The number of benzene rings is 2. The molecule has 0 aliphatic rings. The molecule has 0 amide bonds. The van der Waals surface area contributed by atoms with E-state index in [0.717, 1.165) is 36.4 Å². The number of aromatic amines is 2. The van der Waals surface area contributed by atoms with Gasteiger partial charge in [-0.3, -0.25) is 14.8 Å². The third-order valence-corrected chi connectivity index (χ3v) is 4.48. The molecule has 0 aliphatic heterocycles. The molecule has 0 radical (unpaired) electrons. The minimum Gasteiger partial charge on any atom is -0.453 e. The van der Waals surface area contributed by atoms with Gasteiger partial charge in [-0.25, -0.2) is 9.78 Å². The molecule has 0 atom stereocenters. The van der Waals surface area contributed by atoms with Crippen LogP contribution in [0.25, 0.3) is 22.6 Å². The number of ether oxygens (including phenoxy) is 3. The van der Waals surface area contributed by atoms with Gasteiger partial charge < -0.3 is 18.8 Å². The van der Waals surface area contributed by atoms with E-state index in [9.17, 15) is 35.9 Å². The average Bonchev–Trinajstić information content (AvgIpc) is 3.05. The number of nitrogens with zero attached hydrogens (tertiary/aromatic N) is 2. The van der Waals surface area contributed by atoms with Crippen LogP contribution in [0.2, 0.25) is 0 Å². The minimum atomic E-state index is -5.12. The van der Waals surface area contributed by atoms with E-state index in [1.54, 1.807) is 0 Å². The van der Waals surface area contributed by atoms with Crippen LogP contribution in [0, 0.1) is 0 Å². The van der Waals surface area contributed by atoms with Crippen molar-refractivity contribution in [2.75, 3.05) is 0 Å². The number of H-pyrrole nitrogens is 2. The SMILES string of the molecule is Cn1c(-c2ccc(Oc3ccc(OC(F)(F)F)cc3)c(OC(F)(F)F)c2)nc2[nH]c(=O)[nH]c(=O)c21. The predicted octanol–water partition coefficient (Wildman–Crippen LogP) is 4.21. The van der Waals surface area contributed by atoms with Gasteiger partial charge in [-0.2, -0.15) is 0 Å². The van der Waals surface area contributed by atoms with Crippen molar-refractivity contribution in [3.8, 4) is 34.4 Å². The lowest BCUT2D eigenvalue weighted by Crippen LogP contribution is -2.22. The molecule has 9 nitrogen and oxygen atoms in total. The zero-order valence-electron chi connectivity index (χ0n) is 17.2. The summed E-state index contributed by atoms with van der Waals surface area (Å²) in [4.78, 5) is 32.0. The van der Waals surface area contributed by atoms with Crippen LogP contribution in [-0.4, -0.2) is 32.2 Å². The molecule has 0 spiro atoms. The largest absolute Gasteiger partial charge is 0.573 e. The van der Waals surface area contributed by atoms with Gasteiger partial charge in [0.05, 0.1) is 0 Å². The first-order chi connectivity index (χ1) is 16.3. The summed E-state index contributed by atoms with van der Waals surface area (Å²) in [6.07, 6.45) is -10.0. The highest BCUT2D eigenvalue weighted by molar-refractivity contribution is 5.76. The fourth-order valence-electron chi connectivity index (χ4n) is 3.18. The van der Waals surface area contributed by atoms with Gasteiger partial charge >= 0.3 is 18.4 Å². The van der Waals surface area contributed by atoms with Crippen molar-refractivity contribution in [2.45, 2.75) is 12.7 Å². The van der Waals surface area contributed by atoms with Gasteiger partial charge in [0.15, 0.2) is 22.7 Å². The van der Waals surface area contributed by atoms with Crippen LogP contribution < -0.4 is 25.5 Å². The molecular weight excluding hydrogens is 490 g/mol. The number of alkyl halides is 6. The topological polar surface area (TPSA) is 111 Å². The predicted molar refractivity (Wildman–Crippen MR) is 107 cm³/mol. The first-order valence-corrected chi connectivity index (χ1v) is 9.42. The van der Waals surface area contributed by atoms with Crippen LogP contribution >= 0.6 is 0 Å². The van der Waals surface area contributed by atoms with E-state index in [-0.39, 0.29) is 28.3 Å². The summed E-state index contributed by atoms with van der Waals surface area (Å²) < 4.78 is 90.4. The maximum absolute atomic E-state index is 13.0. The standard InChI is InChI=1S/C20H12F6N4O5/c1-30-14-15(28-18(32)29-17(14)31)27-16(30)9-2-7-12(13(8-9)35-20(24,25)26)33-10-3-5-11(6-4-10)34-19(21,22)23/h2-8H,1H3,(H2,28,29,31,32). The molecule has 0 fully saturated rings. The summed E-state index contributed by atoms with van der Waals surface area (Å²) in [5, 5.41) is 0. The Bertz CT molecular complexity index is 1500. The third kappa shape index (κ3) is 5.39. The highest BCUT2D eigenvalue weighted by Gasteiger charge is 2.33. The Hall–Kier alpha value is -4.43. The van der Waals surface area contributed by atoms with Crippen LogP contribution in [0.3, 0.4) is 0 Å². The number of hydrogen-bond donors (Lipinski definition) is 2. The van der Waals surface area contributed by atoms with Gasteiger partial charge in [-0.15, -0.1) is 26.3 Å². The number of halogens is 6. The van der Waals surface area contributed by atoms with Crippen LogP contribution in [0.4, 0.5) is 26.3 Å². The highest BCUT2D eigenvalue weighted by atomic mass is 19.4. The maximum Gasteiger partial charge on any atom is 0.573 e. The molecular formula is C20H12F6N4O5. The van der Waals surface area contributed by atoms with Crippen molar-refractivity contribution in [2.24, 2.45) is 7.05 Å². The molecule has 2 aromatic carbocycles. The molecule has 2 N–H and O–H groups in total. The average molecular weight is 502 g/mol. The summed E-state index contributed by atoms with van der Waals surface area (Å²) in [5.74, 6) is -1.84. The van der Waals surface area contributed by atoms with Crippen molar-refractivity contribution in [3.63, 3.8) is 0 Å². The molecule has 15 heteroatoms. The van der Waals surface area contributed by atoms with Gasteiger partial charge in [-0.05, 0) is 42.5 Å². The number of hydrogen-bond acceptors (Lipinski definition) is 6. The van der Waals surface area contributed by atoms with Crippen molar-refractivity contribution >= 4 is 11.2 Å². The number of aryl methyl sites for hydroxylation is 1. The Morgan fingerprint density at radius 3 is 2.09 bits per heavy atom. The molecule has 35 heavy (non-hydrogen) atoms. The minimum absolute atomic E-state index is 0.0274. The van der Waals surface area contributed by atoms with E-state index in [0.29, 0.717) is 0 Å². The van der Waals surface area contributed by atoms with E-state index >= 15 is 0 Å². The normalized spacial score (nSPS) is 12.1. The van der Waals surface area contributed by atoms with Gasteiger partial charge in [0, 0.05) is 12.6 Å². The fraction of sp³-hybridized carbons (Fsp3) is 0.150. The number of rotatable bonds is 5. The number of imidazole rings is 1. The summed E-state index contributed by atoms with van der Waals surface area (Å²) in [6.45, 7) is 0. The van der Waals surface area contributed by atoms with Gasteiger partial charge in [-0.1, -0.05) is 0 Å². The van der Waals surface area contributed by atoms with E-state index in [1.165, 1.54) is 17.7 Å². The van der Waals surface area contributed by atoms with Crippen molar-refractivity contribution < 1.29 is 40.6 Å². The monoisotopic (exact) mass is 502 g/mol. The van der Waals surface area contributed by atoms with E-state index < -0.39 is 41.2 Å². The highest BCUT2D eigenvalue weighted by Crippen LogP contribution is 2.39. The number of fused-ring (bicyclic) bond motifs is 1. The second kappa shape index (κ2) is 8.41. The molecule has 2 heterocycles. The van der Waals surface area contributed by atoms with Crippen molar-refractivity contribution in [3.05, 3.63) is 63.3 Å². The number of aromatic nitrogens is 4. The summed E-state index contributed by atoms with van der Waals surface area (Å²) in [6, 6.07) is 7.31. The smallest absolute Gasteiger partial charge is 0.453 e. The fourth-order valence-corrected chi connectivity index (χ4v) is 3.18. The first-order valence-electron chi connectivity index (χ1n) is 9.42. The maximum atomic E-state index is 13.0. The zero-order chi connectivity index (χ0) is 25.5. The third-order valence-electron chi connectivity index (χ3n) is 4.48. The lowest BCUT2D eigenvalue weighted by molar-refractivity contribution is -0.275. The van der Waals surface area contributed by atoms with Crippen molar-refractivity contribution in [1.29, 1.82) is 0 Å². The Morgan fingerprint density at radius 2 is 1.46 bits per heavy atom. The molecule has 184 valence electrons. The first kappa shape index (κ1) is 23.7. The molecule has 4 rings (SSSR count). The molecule has 4 aromatic rings. The summed E-state index contributed by atoms with van der Waals surface area (Å²) in [7, 11) is 1.41. The lowest BCUT2D eigenvalue weighted by Gasteiger charge is -2.15.